The quantitative estimate of drug-likeness (QED) is 0.841. The summed E-state index contributed by atoms with van der Waals surface area (Å²) in [5.74, 6) is 0.236. The van der Waals surface area contributed by atoms with Crippen molar-refractivity contribution < 1.29 is 19.1 Å². The van der Waals surface area contributed by atoms with Crippen molar-refractivity contribution in [2.24, 2.45) is 0 Å². The average molecular weight is 323 g/mol. The lowest BCUT2D eigenvalue weighted by Crippen LogP contribution is -2.21. The number of rotatable bonds is 4. The lowest BCUT2D eigenvalue weighted by molar-refractivity contribution is -0.123. The molecule has 0 aromatic heterocycles. The number of anilines is 2. The molecule has 7 nitrogen and oxygen atoms in total. The molecule has 7 heteroatoms. The zero-order valence-corrected chi connectivity index (χ0v) is 12.5. The van der Waals surface area contributed by atoms with Crippen molar-refractivity contribution in [3.05, 3.63) is 48.0 Å². The van der Waals surface area contributed by atoms with Crippen LogP contribution in [0.5, 0.6) is 11.5 Å². The van der Waals surface area contributed by atoms with E-state index in [2.05, 4.69) is 10.6 Å². The van der Waals surface area contributed by atoms with Crippen LogP contribution in [-0.4, -0.2) is 18.6 Å². The summed E-state index contributed by atoms with van der Waals surface area (Å²) in [6.45, 7) is 0.150. The van der Waals surface area contributed by atoms with Gasteiger partial charge >= 0.3 is 0 Å². The van der Waals surface area contributed by atoms with E-state index in [0.29, 0.717) is 28.4 Å². The Bertz CT molecular complexity index is 842. The van der Waals surface area contributed by atoms with Crippen LogP contribution >= 0.6 is 0 Å². The molecular weight excluding hydrogens is 310 g/mol. The second-order valence-corrected chi connectivity index (χ2v) is 5.03. The molecule has 3 rings (SSSR count). The molecule has 2 aromatic carbocycles. The van der Waals surface area contributed by atoms with Gasteiger partial charge in [0.05, 0.1) is 11.6 Å². The summed E-state index contributed by atoms with van der Waals surface area (Å²) in [6, 6.07) is 13.4. The van der Waals surface area contributed by atoms with E-state index in [-0.39, 0.29) is 13.2 Å². The minimum Gasteiger partial charge on any atom is -0.454 e. The van der Waals surface area contributed by atoms with Gasteiger partial charge in [-0.1, -0.05) is 6.07 Å². The highest BCUT2D eigenvalue weighted by Crippen LogP contribution is 2.34. The molecule has 0 radical (unpaired) electrons. The lowest BCUT2D eigenvalue weighted by atomic mass is 10.2. The van der Waals surface area contributed by atoms with Crippen molar-refractivity contribution >= 4 is 23.2 Å². The minimum absolute atomic E-state index is 0.150. The monoisotopic (exact) mass is 323 g/mol. The molecule has 2 N–H and O–H groups in total. The topological polar surface area (TPSA) is 100 Å². The molecule has 2 aromatic rings. The fraction of sp³-hybridized carbons (Fsp3) is 0.118. The van der Waals surface area contributed by atoms with Gasteiger partial charge in [-0.15, -0.1) is 0 Å². The molecule has 1 heterocycles. The van der Waals surface area contributed by atoms with Crippen LogP contribution in [0.4, 0.5) is 11.4 Å². The average Bonchev–Trinajstić information content (AvgIpc) is 3.02. The van der Waals surface area contributed by atoms with E-state index in [1.54, 1.807) is 36.4 Å². The Morgan fingerprint density at radius 3 is 2.46 bits per heavy atom. The van der Waals surface area contributed by atoms with Crippen LogP contribution < -0.4 is 20.1 Å². The van der Waals surface area contributed by atoms with Gasteiger partial charge in [0.1, 0.15) is 6.42 Å². The molecular formula is C17H13N3O4. The fourth-order valence-electron chi connectivity index (χ4n) is 2.20. The second-order valence-electron chi connectivity index (χ2n) is 5.03. The van der Waals surface area contributed by atoms with E-state index >= 15 is 0 Å². The maximum absolute atomic E-state index is 11.9. The number of benzene rings is 2. The van der Waals surface area contributed by atoms with Gasteiger partial charge in [-0.25, -0.2) is 0 Å². The predicted octanol–water partition coefficient (Wildman–Crippen LogP) is 2.25. The third-order valence-electron chi connectivity index (χ3n) is 3.25. The van der Waals surface area contributed by atoms with Gasteiger partial charge in [-0.05, 0) is 30.3 Å². The lowest BCUT2D eigenvalue weighted by Gasteiger charge is -2.07. The smallest absolute Gasteiger partial charge is 0.233 e. The Labute approximate surface area is 137 Å². The van der Waals surface area contributed by atoms with Crippen molar-refractivity contribution in [2.75, 3.05) is 17.4 Å². The Balaban J connectivity index is 1.56. The molecule has 0 saturated heterocycles. The Kier molecular flexibility index (Phi) is 4.29. The molecule has 0 unspecified atom stereocenters. The maximum Gasteiger partial charge on any atom is 0.233 e. The van der Waals surface area contributed by atoms with Gasteiger partial charge in [-0.2, -0.15) is 5.26 Å². The number of carbonyl (C=O) groups excluding carboxylic acids is 2. The Hall–Kier alpha value is -3.53. The van der Waals surface area contributed by atoms with Crippen molar-refractivity contribution in [3.8, 4) is 17.6 Å². The minimum atomic E-state index is -0.469. The van der Waals surface area contributed by atoms with Crippen molar-refractivity contribution in [2.45, 2.75) is 6.42 Å². The predicted molar refractivity (Wildman–Crippen MR) is 85.6 cm³/mol. The van der Waals surface area contributed by atoms with Gasteiger partial charge in [0.2, 0.25) is 18.6 Å². The number of nitrogens with one attached hydrogen (secondary N) is 2. The number of carbonyl (C=O) groups is 2. The molecule has 0 spiro atoms. The zero-order chi connectivity index (χ0) is 16.9. The number of nitriles is 1. The van der Waals surface area contributed by atoms with Crippen LogP contribution in [0, 0.1) is 11.3 Å². The maximum atomic E-state index is 11.9. The summed E-state index contributed by atoms with van der Waals surface area (Å²) in [7, 11) is 0. The van der Waals surface area contributed by atoms with E-state index in [4.69, 9.17) is 14.7 Å². The van der Waals surface area contributed by atoms with Crippen LogP contribution in [0.15, 0.2) is 42.5 Å². The summed E-state index contributed by atoms with van der Waals surface area (Å²) < 4.78 is 10.4. The van der Waals surface area contributed by atoms with Gasteiger partial charge < -0.3 is 20.1 Å². The molecule has 0 aliphatic carbocycles. The molecule has 24 heavy (non-hydrogen) atoms. The molecule has 1 aliphatic heterocycles. The van der Waals surface area contributed by atoms with Crippen LogP contribution in [0.1, 0.15) is 12.0 Å². The summed E-state index contributed by atoms with van der Waals surface area (Å²) in [6.07, 6.45) is -0.342. The van der Waals surface area contributed by atoms with E-state index < -0.39 is 11.8 Å². The van der Waals surface area contributed by atoms with Gasteiger partial charge in [-0.3, -0.25) is 9.59 Å². The normalized spacial score (nSPS) is 11.5. The Morgan fingerprint density at radius 2 is 1.71 bits per heavy atom. The number of hydrogen-bond donors (Lipinski definition) is 2. The first-order valence-corrected chi connectivity index (χ1v) is 7.13. The summed E-state index contributed by atoms with van der Waals surface area (Å²) >= 11 is 0. The number of ether oxygens (including phenoxy) is 2. The Morgan fingerprint density at radius 1 is 1.00 bits per heavy atom. The van der Waals surface area contributed by atoms with E-state index in [0.717, 1.165) is 0 Å². The summed E-state index contributed by atoms with van der Waals surface area (Å²) in [5, 5.41) is 14.0. The number of fused-ring (bicyclic) bond motifs is 1. The summed E-state index contributed by atoms with van der Waals surface area (Å²) in [5.41, 5.74) is 1.41. The standard InChI is InChI=1S/C17H13N3O4/c18-9-11-2-1-3-12(6-11)19-16(21)8-17(22)20-13-4-5-14-15(7-13)24-10-23-14/h1-7H,8,10H2,(H,19,21)(H,20,22). The van der Waals surface area contributed by atoms with Crippen LogP contribution in [0.3, 0.4) is 0 Å². The largest absolute Gasteiger partial charge is 0.454 e. The highest BCUT2D eigenvalue weighted by Gasteiger charge is 2.15. The van der Waals surface area contributed by atoms with Crippen LogP contribution in [0.2, 0.25) is 0 Å². The van der Waals surface area contributed by atoms with Crippen LogP contribution in [0.25, 0.3) is 0 Å². The molecule has 0 saturated carbocycles. The first kappa shape index (κ1) is 15.4. The van der Waals surface area contributed by atoms with Gasteiger partial charge in [0.15, 0.2) is 11.5 Å². The van der Waals surface area contributed by atoms with E-state index in [9.17, 15) is 9.59 Å². The molecule has 0 atom stereocenters. The van der Waals surface area contributed by atoms with E-state index in [1.165, 1.54) is 6.07 Å². The fourth-order valence-corrected chi connectivity index (χ4v) is 2.20. The van der Waals surface area contributed by atoms with Crippen LogP contribution in [-0.2, 0) is 9.59 Å². The highest BCUT2D eigenvalue weighted by atomic mass is 16.7. The zero-order valence-electron chi connectivity index (χ0n) is 12.5. The van der Waals surface area contributed by atoms with Gasteiger partial charge in [0.25, 0.3) is 0 Å². The van der Waals surface area contributed by atoms with E-state index in [1.807, 2.05) is 6.07 Å². The molecule has 0 bridgehead atoms. The van der Waals surface area contributed by atoms with Crippen molar-refractivity contribution in [3.63, 3.8) is 0 Å². The molecule has 0 fully saturated rings. The first-order valence-electron chi connectivity index (χ1n) is 7.13. The first-order chi connectivity index (χ1) is 11.6. The molecule has 2 amide bonds. The SMILES string of the molecule is N#Cc1cccc(NC(=O)CC(=O)Nc2ccc3c(c2)OCO3)c1. The highest BCUT2D eigenvalue weighted by molar-refractivity contribution is 6.08. The van der Waals surface area contributed by atoms with Gasteiger partial charge in [0, 0.05) is 17.4 Å². The number of amides is 2. The third-order valence-corrected chi connectivity index (χ3v) is 3.25. The molecule has 120 valence electrons. The molecule has 1 aliphatic rings. The van der Waals surface area contributed by atoms with Crippen molar-refractivity contribution in [1.29, 1.82) is 5.26 Å². The second kappa shape index (κ2) is 6.71. The number of nitrogens with zero attached hydrogens (tertiary/aromatic N) is 1. The summed E-state index contributed by atoms with van der Waals surface area (Å²) in [4.78, 5) is 23.8. The number of hydrogen-bond acceptors (Lipinski definition) is 5. The van der Waals surface area contributed by atoms with Crippen molar-refractivity contribution in [1.82, 2.24) is 0 Å². The third kappa shape index (κ3) is 3.62.